The summed E-state index contributed by atoms with van der Waals surface area (Å²) in [5, 5.41) is 0. The second-order valence-corrected chi connectivity index (χ2v) is 6.95. The zero-order valence-corrected chi connectivity index (χ0v) is 15.3. The lowest BCUT2D eigenvalue weighted by atomic mass is 10.1. The maximum atomic E-state index is 12.8. The third-order valence-corrected chi connectivity index (χ3v) is 4.86. The number of hydrogen-bond donors (Lipinski definition) is 0. The Hall–Kier alpha value is -2.50. The van der Waals surface area contributed by atoms with Crippen LogP contribution in [0.25, 0.3) is 0 Å². The van der Waals surface area contributed by atoms with E-state index in [1.165, 1.54) is 42.0 Å². The van der Waals surface area contributed by atoms with Crippen molar-refractivity contribution in [1.29, 1.82) is 0 Å². The zero-order chi connectivity index (χ0) is 19.4. The average molecular weight is 376 g/mol. The van der Waals surface area contributed by atoms with E-state index in [1.54, 1.807) is 7.05 Å². The Morgan fingerprint density at radius 3 is 2.33 bits per heavy atom. The van der Waals surface area contributed by atoms with Gasteiger partial charge < -0.3 is 9.80 Å². The number of anilines is 1. The smallest absolute Gasteiger partial charge is 0.372 e. The van der Waals surface area contributed by atoms with Gasteiger partial charge in [-0.15, -0.1) is 0 Å². The first kappa shape index (κ1) is 19.3. The molecule has 1 aliphatic rings. The molecule has 1 amide bonds. The van der Waals surface area contributed by atoms with Crippen LogP contribution in [0.3, 0.4) is 0 Å². The lowest BCUT2D eigenvalue weighted by Crippen LogP contribution is -2.29. The molecule has 1 fully saturated rings. The van der Waals surface area contributed by atoms with Gasteiger partial charge in [-0.3, -0.25) is 4.79 Å². The van der Waals surface area contributed by atoms with Crippen LogP contribution in [0, 0.1) is 0 Å². The van der Waals surface area contributed by atoms with E-state index in [-0.39, 0.29) is 5.56 Å². The van der Waals surface area contributed by atoms with Crippen molar-refractivity contribution in [3.63, 3.8) is 0 Å². The van der Waals surface area contributed by atoms with Crippen LogP contribution < -0.4 is 4.90 Å². The van der Waals surface area contributed by atoms with Crippen molar-refractivity contribution < 1.29 is 18.0 Å². The number of hydrogen-bond acceptors (Lipinski definition) is 2. The molecule has 1 aliphatic heterocycles. The van der Waals surface area contributed by atoms with E-state index in [0.29, 0.717) is 6.54 Å². The van der Waals surface area contributed by atoms with Gasteiger partial charge in [0.2, 0.25) is 0 Å². The van der Waals surface area contributed by atoms with Gasteiger partial charge in [-0.1, -0.05) is 18.2 Å². The highest BCUT2D eigenvalue weighted by atomic mass is 19.4. The van der Waals surface area contributed by atoms with E-state index in [4.69, 9.17) is 0 Å². The minimum Gasteiger partial charge on any atom is -0.372 e. The number of amides is 1. The summed E-state index contributed by atoms with van der Waals surface area (Å²) in [6.07, 6.45) is -0.776. The molecule has 0 atom stereocenters. The summed E-state index contributed by atoms with van der Waals surface area (Å²) < 4.78 is 38.5. The van der Waals surface area contributed by atoms with Crippen molar-refractivity contribution in [2.75, 3.05) is 25.0 Å². The number of benzene rings is 2. The number of piperidine rings is 1. The molecule has 3 rings (SSSR count). The predicted molar refractivity (Wildman–Crippen MR) is 99.7 cm³/mol. The quantitative estimate of drug-likeness (QED) is 0.752. The van der Waals surface area contributed by atoms with Crippen LogP contribution in [0.2, 0.25) is 0 Å². The molecule has 144 valence electrons. The van der Waals surface area contributed by atoms with E-state index < -0.39 is 17.6 Å². The van der Waals surface area contributed by atoms with Crippen LogP contribution >= 0.6 is 0 Å². The molecule has 0 aliphatic carbocycles. The predicted octanol–water partition coefficient (Wildman–Crippen LogP) is 4.97. The maximum absolute atomic E-state index is 12.8. The molecule has 27 heavy (non-hydrogen) atoms. The van der Waals surface area contributed by atoms with Crippen molar-refractivity contribution in [2.45, 2.75) is 32.0 Å². The third-order valence-electron chi connectivity index (χ3n) is 4.86. The van der Waals surface area contributed by atoms with Gasteiger partial charge in [0.25, 0.3) is 5.91 Å². The van der Waals surface area contributed by atoms with Crippen LogP contribution in [0.1, 0.15) is 40.7 Å². The molecule has 6 heteroatoms. The summed E-state index contributed by atoms with van der Waals surface area (Å²) in [4.78, 5) is 16.3. The summed E-state index contributed by atoms with van der Waals surface area (Å²) in [6, 6.07) is 12.6. The van der Waals surface area contributed by atoms with Crippen LogP contribution in [0.4, 0.5) is 18.9 Å². The molecule has 0 bridgehead atoms. The van der Waals surface area contributed by atoms with Gasteiger partial charge in [-0.2, -0.15) is 13.2 Å². The molecule has 0 saturated carbocycles. The van der Waals surface area contributed by atoms with Gasteiger partial charge in [0.05, 0.1) is 5.56 Å². The van der Waals surface area contributed by atoms with Gasteiger partial charge >= 0.3 is 6.18 Å². The number of alkyl halides is 3. The average Bonchev–Trinajstić information content (AvgIpc) is 2.68. The molecule has 2 aromatic rings. The Morgan fingerprint density at radius 2 is 1.70 bits per heavy atom. The lowest BCUT2D eigenvalue weighted by molar-refractivity contribution is -0.137. The minimum atomic E-state index is -4.46. The van der Waals surface area contributed by atoms with Crippen molar-refractivity contribution >= 4 is 11.6 Å². The summed E-state index contributed by atoms with van der Waals surface area (Å²) in [5.41, 5.74) is 1.34. The molecule has 0 radical (unpaired) electrons. The molecule has 2 aromatic carbocycles. The summed E-state index contributed by atoms with van der Waals surface area (Å²) in [7, 11) is 1.60. The SMILES string of the molecule is CN(Cc1ccc(N2CCCCC2)cc1)C(=O)c1cccc(C(F)(F)F)c1. The normalized spacial score (nSPS) is 14.9. The maximum Gasteiger partial charge on any atom is 0.416 e. The molecule has 0 aromatic heterocycles. The van der Waals surface area contributed by atoms with Gasteiger partial charge in [0, 0.05) is 37.9 Å². The number of halogens is 3. The fourth-order valence-corrected chi connectivity index (χ4v) is 3.36. The number of carbonyl (C=O) groups is 1. The lowest BCUT2D eigenvalue weighted by Gasteiger charge is -2.29. The van der Waals surface area contributed by atoms with Crippen molar-refractivity contribution in [3.05, 3.63) is 65.2 Å². The summed E-state index contributed by atoms with van der Waals surface area (Å²) >= 11 is 0. The van der Waals surface area contributed by atoms with Gasteiger partial charge in [-0.25, -0.2) is 0 Å². The second-order valence-electron chi connectivity index (χ2n) is 6.95. The highest BCUT2D eigenvalue weighted by Gasteiger charge is 2.31. The monoisotopic (exact) mass is 376 g/mol. The Bertz CT molecular complexity index is 781. The molecular formula is C21H23F3N2O. The van der Waals surface area contributed by atoms with E-state index in [0.717, 1.165) is 30.8 Å². The molecule has 0 spiro atoms. The fourth-order valence-electron chi connectivity index (χ4n) is 3.36. The van der Waals surface area contributed by atoms with E-state index in [1.807, 2.05) is 24.3 Å². The largest absolute Gasteiger partial charge is 0.416 e. The first-order chi connectivity index (χ1) is 12.8. The summed E-state index contributed by atoms with van der Waals surface area (Å²) in [6.45, 7) is 2.47. The highest BCUT2D eigenvalue weighted by molar-refractivity contribution is 5.94. The van der Waals surface area contributed by atoms with Gasteiger partial charge in [-0.05, 0) is 55.2 Å². The van der Waals surface area contributed by atoms with E-state index in [9.17, 15) is 18.0 Å². The number of rotatable bonds is 4. The zero-order valence-electron chi connectivity index (χ0n) is 15.3. The van der Waals surface area contributed by atoms with Gasteiger partial charge in [0.15, 0.2) is 0 Å². The van der Waals surface area contributed by atoms with Crippen LogP contribution in [0.15, 0.2) is 48.5 Å². The molecule has 0 N–H and O–H groups in total. The van der Waals surface area contributed by atoms with Gasteiger partial charge in [0.1, 0.15) is 0 Å². The first-order valence-electron chi connectivity index (χ1n) is 9.11. The molecular weight excluding hydrogens is 353 g/mol. The summed E-state index contributed by atoms with van der Waals surface area (Å²) in [5.74, 6) is -0.429. The van der Waals surface area contributed by atoms with Crippen LogP contribution in [0.5, 0.6) is 0 Å². The number of nitrogens with zero attached hydrogens (tertiary/aromatic N) is 2. The van der Waals surface area contributed by atoms with Crippen LogP contribution in [-0.2, 0) is 12.7 Å². The number of carbonyl (C=O) groups excluding carboxylic acids is 1. The topological polar surface area (TPSA) is 23.6 Å². The van der Waals surface area contributed by atoms with Crippen molar-refractivity contribution in [3.8, 4) is 0 Å². The Kier molecular flexibility index (Phi) is 5.73. The third kappa shape index (κ3) is 4.81. The Balaban J connectivity index is 1.66. The van der Waals surface area contributed by atoms with E-state index in [2.05, 4.69) is 4.90 Å². The molecule has 1 heterocycles. The standard InChI is InChI=1S/C21H23F3N2O/c1-25(20(27)17-6-5-7-18(14-17)21(22,23)24)15-16-8-10-19(11-9-16)26-12-3-2-4-13-26/h5-11,14H,2-4,12-13,15H2,1H3. The Morgan fingerprint density at radius 1 is 1.04 bits per heavy atom. The van der Waals surface area contributed by atoms with E-state index >= 15 is 0 Å². The minimum absolute atomic E-state index is 0.0391. The molecule has 1 saturated heterocycles. The van der Waals surface area contributed by atoms with Crippen molar-refractivity contribution in [2.24, 2.45) is 0 Å². The second kappa shape index (κ2) is 8.03. The Labute approximate surface area is 157 Å². The molecule has 0 unspecified atom stereocenters. The fraction of sp³-hybridized carbons (Fsp3) is 0.381. The van der Waals surface area contributed by atoms with Crippen molar-refractivity contribution in [1.82, 2.24) is 4.90 Å². The van der Waals surface area contributed by atoms with Crippen LogP contribution in [-0.4, -0.2) is 30.9 Å². The molecule has 3 nitrogen and oxygen atoms in total. The highest BCUT2D eigenvalue weighted by Crippen LogP contribution is 2.30. The first-order valence-corrected chi connectivity index (χ1v) is 9.11.